The van der Waals surface area contributed by atoms with Gasteiger partial charge in [-0.2, -0.15) is 0 Å². The smallest absolute Gasteiger partial charge is 0.195 e. The zero-order valence-corrected chi connectivity index (χ0v) is 19.9. The second-order valence-electron chi connectivity index (χ2n) is 8.07. The van der Waals surface area contributed by atoms with Crippen molar-refractivity contribution in [3.8, 4) is 11.5 Å². The minimum atomic E-state index is -0.0566. The van der Waals surface area contributed by atoms with E-state index in [1.807, 2.05) is 49.4 Å². The molecule has 0 radical (unpaired) electrons. The number of fused-ring (bicyclic) bond motifs is 1. The Kier molecular flexibility index (Phi) is 6.23. The van der Waals surface area contributed by atoms with E-state index in [2.05, 4.69) is 22.1 Å². The van der Waals surface area contributed by atoms with E-state index < -0.39 is 0 Å². The largest absolute Gasteiger partial charge is 0.496 e. The van der Waals surface area contributed by atoms with Crippen molar-refractivity contribution in [1.29, 1.82) is 0 Å². The van der Waals surface area contributed by atoms with Crippen LogP contribution in [0.15, 0.2) is 72.5 Å². The zero-order chi connectivity index (χ0) is 23.5. The lowest BCUT2D eigenvalue weighted by Gasteiger charge is -2.14. The lowest BCUT2D eigenvalue weighted by atomic mass is 9.99. The second kappa shape index (κ2) is 9.61. The molecule has 0 saturated carbocycles. The molecular weight excluding hydrogens is 444 g/mol. The number of aromatic nitrogens is 2. The third kappa shape index (κ3) is 4.13. The highest BCUT2D eigenvalue weighted by Crippen LogP contribution is 2.49. The summed E-state index contributed by atoms with van der Waals surface area (Å²) in [4.78, 5) is 23.4. The van der Waals surface area contributed by atoms with Crippen molar-refractivity contribution < 1.29 is 14.3 Å². The van der Waals surface area contributed by atoms with Crippen molar-refractivity contribution in [2.75, 3.05) is 13.7 Å². The van der Waals surface area contributed by atoms with E-state index >= 15 is 0 Å². The lowest BCUT2D eigenvalue weighted by molar-refractivity contribution is 0.105. The third-order valence-electron chi connectivity index (χ3n) is 5.91. The highest BCUT2D eigenvalue weighted by molar-refractivity contribution is 7.11. The summed E-state index contributed by atoms with van der Waals surface area (Å²) in [5.74, 6) is 1.19. The number of carbonyl (C=O) groups is 1. The third-order valence-corrected chi connectivity index (χ3v) is 6.86. The van der Waals surface area contributed by atoms with E-state index in [4.69, 9.17) is 9.47 Å². The van der Waals surface area contributed by atoms with Gasteiger partial charge < -0.3 is 9.47 Å². The first-order valence-electron chi connectivity index (χ1n) is 11.2. The van der Waals surface area contributed by atoms with Crippen LogP contribution in [0.3, 0.4) is 0 Å². The monoisotopic (exact) mass is 468 g/mol. The second-order valence-corrected chi connectivity index (χ2v) is 8.93. The zero-order valence-electron chi connectivity index (χ0n) is 19.1. The Balaban J connectivity index is 1.50. The van der Waals surface area contributed by atoms with Crippen molar-refractivity contribution in [3.05, 3.63) is 105 Å². The highest BCUT2D eigenvalue weighted by Gasteiger charge is 2.36. The number of nitrogens with zero attached hydrogens (tertiary/aromatic N) is 2. The van der Waals surface area contributed by atoms with Crippen LogP contribution in [0.5, 0.6) is 11.5 Å². The molecule has 1 aliphatic rings. The Bertz CT molecular complexity index is 1360. The quantitative estimate of drug-likeness (QED) is 0.296. The average molecular weight is 469 g/mol. The summed E-state index contributed by atoms with van der Waals surface area (Å²) in [6.45, 7) is 2.51. The van der Waals surface area contributed by atoms with Crippen molar-refractivity contribution in [2.45, 2.75) is 19.8 Å². The van der Waals surface area contributed by atoms with Crippen molar-refractivity contribution in [1.82, 2.24) is 9.97 Å². The Morgan fingerprint density at radius 2 is 1.88 bits per heavy atom. The van der Waals surface area contributed by atoms with Crippen molar-refractivity contribution >= 4 is 28.3 Å². The minimum Gasteiger partial charge on any atom is -0.496 e. The molecule has 4 aromatic rings. The molecule has 0 bridgehead atoms. The maximum absolute atomic E-state index is 13.7. The number of methoxy groups -OCH3 is 1. The van der Waals surface area contributed by atoms with E-state index in [9.17, 15) is 4.79 Å². The molecule has 5 rings (SSSR count). The summed E-state index contributed by atoms with van der Waals surface area (Å²) in [6, 6.07) is 17.8. The van der Waals surface area contributed by atoms with Gasteiger partial charge in [0.05, 0.1) is 29.8 Å². The molecule has 0 amide bonds. The molecule has 0 fully saturated rings. The SMILES string of the molecule is COc1cc(OCCCc2ccccc2)cc2c1C(c1scnc1C)=C(c1cccnc1)C2=O. The Hall–Kier alpha value is -3.77. The number of benzene rings is 2. The first kappa shape index (κ1) is 22.0. The molecule has 170 valence electrons. The average Bonchev–Trinajstić information content (AvgIpc) is 3.42. The van der Waals surface area contributed by atoms with Gasteiger partial charge in [-0.05, 0) is 37.5 Å². The molecular formula is C28H24N2O3S. The number of Topliss-reactive ketones (excluding diaryl/α,β-unsaturated/α-hetero) is 1. The number of hydrogen-bond acceptors (Lipinski definition) is 6. The van der Waals surface area contributed by atoms with Gasteiger partial charge in [-0.3, -0.25) is 9.78 Å². The van der Waals surface area contributed by atoms with E-state index in [1.54, 1.807) is 25.0 Å². The number of pyridine rings is 1. The molecule has 0 N–H and O–H groups in total. The molecule has 34 heavy (non-hydrogen) atoms. The van der Waals surface area contributed by atoms with Gasteiger partial charge in [-0.15, -0.1) is 11.3 Å². The molecule has 0 aliphatic heterocycles. The van der Waals surface area contributed by atoms with Crippen LogP contribution >= 0.6 is 11.3 Å². The van der Waals surface area contributed by atoms with E-state index in [-0.39, 0.29) is 5.78 Å². The molecule has 0 atom stereocenters. The number of carbonyl (C=O) groups excluding carboxylic acids is 1. The maximum atomic E-state index is 13.7. The summed E-state index contributed by atoms with van der Waals surface area (Å²) in [5.41, 5.74) is 7.58. The fraction of sp³-hybridized carbons (Fsp3) is 0.179. The van der Waals surface area contributed by atoms with Crippen molar-refractivity contribution in [3.63, 3.8) is 0 Å². The number of aryl methyl sites for hydroxylation is 2. The number of rotatable bonds is 8. The van der Waals surface area contributed by atoms with Gasteiger partial charge in [-0.1, -0.05) is 36.4 Å². The van der Waals surface area contributed by atoms with Crippen LogP contribution in [0, 0.1) is 6.92 Å². The minimum absolute atomic E-state index is 0.0566. The normalized spacial score (nSPS) is 12.7. The summed E-state index contributed by atoms with van der Waals surface area (Å²) in [7, 11) is 1.62. The summed E-state index contributed by atoms with van der Waals surface area (Å²) in [6.07, 6.45) is 5.24. The molecule has 0 unspecified atom stereocenters. The van der Waals surface area contributed by atoms with Gasteiger partial charge in [-0.25, -0.2) is 4.98 Å². The molecule has 6 heteroatoms. The van der Waals surface area contributed by atoms with Gasteiger partial charge in [0.2, 0.25) is 0 Å². The number of ether oxygens (including phenoxy) is 2. The summed E-state index contributed by atoms with van der Waals surface area (Å²) in [5, 5.41) is 0. The van der Waals surface area contributed by atoms with E-state index in [0.29, 0.717) is 29.2 Å². The fourth-order valence-corrected chi connectivity index (χ4v) is 5.17. The van der Waals surface area contributed by atoms with Crippen LogP contribution in [0.25, 0.3) is 11.1 Å². The molecule has 5 nitrogen and oxygen atoms in total. The van der Waals surface area contributed by atoms with Crippen LogP contribution in [0.4, 0.5) is 0 Å². The van der Waals surface area contributed by atoms with Gasteiger partial charge in [0.1, 0.15) is 11.5 Å². The number of ketones is 1. The predicted octanol–water partition coefficient (Wildman–Crippen LogP) is 6.02. The number of allylic oxidation sites excluding steroid dienone is 1. The van der Waals surface area contributed by atoms with Crippen LogP contribution in [-0.2, 0) is 6.42 Å². The van der Waals surface area contributed by atoms with Crippen LogP contribution < -0.4 is 9.47 Å². The molecule has 0 saturated heterocycles. The highest BCUT2D eigenvalue weighted by atomic mass is 32.1. The van der Waals surface area contributed by atoms with Gasteiger partial charge in [0.15, 0.2) is 5.78 Å². The molecule has 2 aromatic carbocycles. The topological polar surface area (TPSA) is 61.3 Å². The first-order chi connectivity index (χ1) is 16.7. The summed E-state index contributed by atoms with van der Waals surface area (Å²) >= 11 is 1.52. The predicted molar refractivity (Wildman–Crippen MR) is 135 cm³/mol. The molecule has 1 aliphatic carbocycles. The molecule has 2 aromatic heterocycles. The van der Waals surface area contributed by atoms with Crippen LogP contribution in [0.1, 0.15) is 44.0 Å². The molecule has 2 heterocycles. The lowest BCUT2D eigenvalue weighted by Crippen LogP contribution is -2.03. The number of hydrogen-bond donors (Lipinski definition) is 0. The van der Waals surface area contributed by atoms with Crippen molar-refractivity contribution in [2.24, 2.45) is 0 Å². The maximum Gasteiger partial charge on any atom is 0.195 e. The Morgan fingerprint density at radius 1 is 1.03 bits per heavy atom. The fourth-order valence-electron chi connectivity index (χ4n) is 4.31. The Morgan fingerprint density at radius 3 is 2.59 bits per heavy atom. The van der Waals surface area contributed by atoms with Gasteiger partial charge in [0, 0.05) is 46.3 Å². The van der Waals surface area contributed by atoms with E-state index in [1.165, 1.54) is 16.9 Å². The Labute approximate surface area is 202 Å². The van der Waals surface area contributed by atoms with Gasteiger partial charge >= 0.3 is 0 Å². The first-order valence-corrected chi connectivity index (χ1v) is 12.0. The van der Waals surface area contributed by atoms with Gasteiger partial charge in [0.25, 0.3) is 0 Å². The van der Waals surface area contributed by atoms with Crippen LogP contribution in [-0.4, -0.2) is 29.5 Å². The molecule has 0 spiro atoms. The van der Waals surface area contributed by atoms with E-state index in [0.717, 1.165) is 40.1 Å². The number of thiazole rings is 1. The summed E-state index contributed by atoms with van der Waals surface area (Å²) < 4.78 is 11.8. The van der Waals surface area contributed by atoms with Crippen LogP contribution in [0.2, 0.25) is 0 Å². The standard InChI is InChI=1S/C28H24N2O3S/c1-18-28(34-17-30-18)26-24(20-11-6-12-29-16-20)27(31)22-14-21(15-23(32-2)25(22)26)33-13-7-10-19-8-4-3-5-9-19/h3-6,8-9,11-12,14-17H,7,10,13H2,1-2H3.